The number of hydrogen-bond donors (Lipinski definition) is 3. The Morgan fingerprint density at radius 2 is 2.12 bits per heavy atom. The van der Waals surface area contributed by atoms with Crippen LogP contribution in [0.25, 0.3) is 0 Å². The molecule has 3 fully saturated rings. The Kier molecular flexibility index (Phi) is 3.15. The molecule has 3 aliphatic rings. The number of ether oxygens (including phenoxy) is 2. The number of carbonyl (C=O) groups is 1. The fourth-order valence-electron chi connectivity index (χ4n) is 2.52. The minimum absolute atomic E-state index is 0.150. The molecule has 0 aliphatic carbocycles. The number of hydrogen-bond acceptors (Lipinski definition) is 5. The van der Waals surface area contributed by atoms with Gasteiger partial charge in [0.1, 0.15) is 18.8 Å². The Bertz CT molecular complexity index is 321. The van der Waals surface area contributed by atoms with E-state index >= 15 is 0 Å². The van der Waals surface area contributed by atoms with E-state index in [1.807, 2.05) is 13.8 Å². The van der Waals surface area contributed by atoms with Gasteiger partial charge in [-0.1, -0.05) is 13.8 Å². The van der Waals surface area contributed by atoms with E-state index in [0.29, 0.717) is 0 Å². The van der Waals surface area contributed by atoms with Crippen molar-refractivity contribution < 1.29 is 24.5 Å². The molecule has 2 bridgehead atoms. The fraction of sp³-hybridized carbons (Fsp3) is 0.909. The van der Waals surface area contributed by atoms with Crippen LogP contribution in [0.4, 0.5) is 0 Å². The Balaban J connectivity index is 2.17. The summed E-state index contributed by atoms with van der Waals surface area (Å²) in [5, 5.41) is 21.9. The molecular formula is C11H19NO5. The number of carbonyl (C=O) groups excluding carboxylic acids is 1. The second-order valence-corrected chi connectivity index (χ2v) is 5.05. The first-order valence-electron chi connectivity index (χ1n) is 5.83. The summed E-state index contributed by atoms with van der Waals surface area (Å²) in [6.45, 7) is 4.94. The summed E-state index contributed by atoms with van der Waals surface area (Å²) >= 11 is 0. The summed E-state index contributed by atoms with van der Waals surface area (Å²) in [6, 6.07) is -0.379. The maximum Gasteiger partial charge on any atom is 0.221 e. The number of aliphatic hydroxyl groups excluding tert-OH is 2. The van der Waals surface area contributed by atoms with E-state index in [4.69, 9.17) is 9.47 Å². The van der Waals surface area contributed by atoms with Crippen LogP contribution in [0.2, 0.25) is 0 Å². The number of nitrogens with one attached hydrogen (secondary N) is 1. The third-order valence-corrected chi connectivity index (χ3v) is 3.39. The van der Waals surface area contributed by atoms with E-state index in [2.05, 4.69) is 5.32 Å². The quantitative estimate of drug-likeness (QED) is 0.593. The van der Waals surface area contributed by atoms with Gasteiger partial charge in [0.25, 0.3) is 0 Å². The van der Waals surface area contributed by atoms with Crippen molar-refractivity contribution in [2.75, 3.05) is 6.61 Å². The Morgan fingerprint density at radius 1 is 1.47 bits per heavy atom. The Hall–Kier alpha value is -0.690. The first-order valence-corrected chi connectivity index (χ1v) is 5.83. The highest BCUT2D eigenvalue weighted by Gasteiger charge is 2.66. The van der Waals surface area contributed by atoms with Crippen LogP contribution in [-0.2, 0) is 14.3 Å². The van der Waals surface area contributed by atoms with E-state index in [-0.39, 0.29) is 30.6 Å². The van der Waals surface area contributed by atoms with Crippen LogP contribution in [0.3, 0.4) is 0 Å². The molecule has 17 heavy (non-hydrogen) atoms. The molecule has 6 nitrogen and oxygen atoms in total. The molecule has 0 radical (unpaired) electrons. The molecule has 0 aromatic heterocycles. The highest BCUT2D eigenvalue weighted by molar-refractivity contribution is 5.73. The van der Waals surface area contributed by atoms with Crippen LogP contribution in [0.5, 0.6) is 0 Å². The smallest absolute Gasteiger partial charge is 0.221 e. The lowest BCUT2D eigenvalue weighted by Crippen LogP contribution is -2.81. The predicted molar refractivity (Wildman–Crippen MR) is 58.0 cm³/mol. The molecule has 5 atom stereocenters. The van der Waals surface area contributed by atoms with Gasteiger partial charge in [0.2, 0.25) is 11.7 Å². The average molecular weight is 245 g/mol. The zero-order valence-corrected chi connectivity index (χ0v) is 10.2. The van der Waals surface area contributed by atoms with Gasteiger partial charge in [-0.15, -0.1) is 0 Å². The molecule has 3 rings (SSSR count). The number of aliphatic hydroxyl groups is 2. The van der Waals surface area contributed by atoms with Gasteiger partial charge in [-0.25, -0.2) is 0 Å². The number of amides is 1. The summed E-state index contributed by atoms with van der Waals surface area (Å²) in [5.41, 5.74) is 0. The number of rotatable bonds is 3. The zero-order chi connectivity index (χ0) is 12.8. The molecule has 3 N–H and O–H groups in total. The second kappa shape index (κ2) is 4.20. The van der Waals surface area contributed by atoms with Crippen LogP contribution in [0.1, 0.15) is 20.8 Å². The summed E-state index contributed by atoms with van der Waals surface area (Å²) in [6.07, 6.45) is -1.68. The van der Waals surface area contributed by atoms with Crippen molar-refractivity contribution in [2.24, 2.45) is 5.92 Å². The summed E-state index contributed by atoms with van der Waals surface area (Å²) in [5.74, 6) is -1.34. The lowest BCUT2D eigenvalue weighted by atomic mass is 9.81. The van der Waals surface area contributed by atoms with Crippen LogP contribution >= 0.6 is 0 Å². The fourth-order valence-corrected chi connectivity index (χ4v) is 2.52. The topological polar surface area (TPSA) is 88.0 Å². The van der Waals surface area contributed by atoms with Gasteiger partial charge in [0.05, 0.1) is 12.1 Å². The molecule has 6 heteroatoms. The maximum atomic E-state index is 11.1. The molecule has 3 unspecified atom stereocenters. The molecule has 1 amide bonds. The van der Waals surface area contributed by atoms with Gasteiger partial charge in [-0.3, -0.25) is 4.79 Å². The van der Waals surface area contributed by atoms with Crippen LogP contribution in [-0.4, -0.2) is 52.9 Å². The molecule has 0 aromatic carbocycles. The van der Waals surface area contributed by atoms with Crippen LogP contribution < -0.4 is 5.32 Å². The summed E-state index contributed by atoms with van der Waals surface area (Å²) < 4.78 is 11.0. The van der Waals surface area contributed by atoms with E-state index in [1.165, 1.54) is 6.92 Å². The third kappa shape index (κ3) is 1.85. The first kappa shape index (κ1) is 12.8. The zero-order valence-electron chi connectivity index (χ0n) is 10.2. The van der Waals surface area contributed by atoms with E-state index in [0.717, 1.165) is 0 Å². The van der Waals surface area contributed by atoms with Crippen LogP contribution in [0, 0.1) is 5.92 Å². The molecule has 3 heterocycles. The SMILES string of the molecule is CC(=O)NC1C2OC(CO)(O[C@H]1C(C)C)[C@@H]2O. The van der Waals surface area contributed by atoms with Crippen molar-refractivity contribution in [3.05, 3.63) is 0 Å². The summed E-state index contributed by atoms with van der Waals surface area (Å²) in [4.78, 5) is 11.1. The Labute approximate surface area is 99.9 Å². The molecule has 0 spiro atoms. The molecule has 0 aromatic rings. The van der Waals surface area contributed by atoms with Gasteiger partial charge >= 0.3 is 0 Å². The van der Waals surface area contributed by atoms with Gasteiger partial charge in [0.15, 0.2) is 0 Å². The molecule has 3 aliphatic heterocycles. The first-order chi connectivity index (χ1) is 7.91. The normalized spacial score (nSPS) is 44.4. The molecule has 98 valence electrons. The van der Waals surface area contributed by atoms with E-state index in [1.54, 1.807) is 0 Å². The molecule has 3 saturated heterocycles. The van der Waals surface area contributed by atoms with Gasteiger partial charge in [0, 0.05) is 6.92 Å². The minimum Gasteiger partial charge on any atom is -0.391 e. The van der Waals surface area contributed by atoms with Crippen LogP contribution in [0.15, 0.2) is 0 Å². The monoisotopic (exact) mass is 245 g/mol. The van der Waals surface area contributed by atoms with Crippen molar-refractivity contribution in [2.45, 2.75) is 50.9 Å². The van der Waals surface area contributed by atoms with Crippen molar-refractivity contribution in [1.29, 1.82) is 0 Å². The minimum atomic E-state index is -1.30. The average Bonchev–Trinajstić information content (AvgIpc) is 2.26. The predicted octanol–water partition coefficient (Wildman–Crippen LogP) is -1.01. The van der Waals surface area contributed by atoms with Gasteiger partial charge in [-0.05, 0) is 5.92 Å². The summed E-state index contributed by atoms with van der Waals surface area (Å²) in [7, 11) is 0. The lowest BCUT2D eigenvalue weighted by molar-refractivity contribution is -0.462. The number of fused-ring (bicyclic) bond motifs is 2. The Morgan fingerprint density at radius 3 is 2.53 bits per heavy atom. The highest BCUT2D eigenvalue weighted by atomic mass is 16.8. The van der Waals surface area contributed by atoms with Gasteiger partial charge < -0.3 is 25.0 Å². The van der Waals surface area contributed by atoms with Crippen molar-refractivity contribution in [1.82, 2.24) is 5.32 Å². The second-order valence-electron chi connectivity index (χ2n) is 5.05. The highest BCUT2D eigenvalue weighted by Crippen LogP contribution is 2.44. The molecular weight excluding hydrogens is 226 g/mol. The van der Waals surface area contributed by atoms with Crippen molar-refractivity contribution in [3.8, 4) is 0 Å². The van der Waals surface area contributed by atoms with E-state index in [9.17, 15) is 15.0 Å². The lowest BCUT2D eigenvalue weighted by Gasteiger charge is -2.60. The van der Waals surface area contributed by atoms with Gasteiger partial charge in [-0.2, -0.15) is 0 Å². The van der Waals surface area contributed by atoms with E-state index < -0.39 is 18.0 Å². The standard InChI is InChI=1S/C11H19NO5/c1-5(2)8-7(12-6(3)14)9-10(15)11(4-13,16-8)17-9/h5,7-10,13,15H,4H2,1-3H3,(H,12,14)/t7?,8-,9?,10+,11?/m0/s1. The van der Waals surface area contributed by atoms with Crippen molar-refractivity contribution >= 4 is 5.91 Å². The maximum absolute atomic E-state index is 11.1. The largest absolute Gasteiger partial charge is 0.391 e. The third-order valence-electron chi connectivity index (χ3n) is 3.39. The molecule has 0 saturated carbocycles. The van der Waals surface area contributed by atoms with Crippen molar-refractivity contribution in [3.63, 3.8) is 0 Å².